The molecule has 2 saturated heterocycles. The molecule has 2 fully saturated rings. The highest BCUT2D eigenvalue weighted by atomic mass is 16.8. The Morgan fingerprint density at radius 2 is 0.914 bits per heavy atom. The Labute approximate surface area is 410 Å². The van der Waals surface area contributed by atoms with Gasteiger partial charge >= 0.3 is 0 Å². The molecule has 0 saturated carbocycles. The molecule has 362 valence electrons. The first-order valence-electron chi connectivity index (χ1n) is 23.5. The molecule has 0 aromatic heterocycles. The lowest BCUT2D eigenvalue weighted by Crippen LogP contribution is -2.64. The van der Waals surface area contributed by atoms with Gasteiger partial charge in [0.25, 0.3) is 0 Å². The third-order valence-electron chi connectivity index (χ3n) is 12.0. The number of ether oxygens (including phenoxy) is 10. The van der Waals surface area contributed by atoms with Crippen molar-refractivity contribution in [2.24, 2.45) is 5.11 Å². The lowest BCUT2D eigenvalue weighted by atomic mass is 9.97. The maximum atomic E-state index is 9.75. The first-order chi connectivity index (χ1) is 34.6. The average Bonchev–Trinajstić information content (AvgIpc) is 3.69. The van der Waals surface area contributed by atoms with E-state index >= 15 is 0 Å². The van der Waals surface area contributed by atoms with E-state index in [9.17, 15) is 5.53 Å². The van der Waals surface area contributed by atoms with E-state index in [-0.39, 0.29) is 66.0 Å². The van der Waals surface area contributed by atoms with Gasteiger partial charge in [-0.3, -0.25) is 0 Å². The quantitative estimate of drug-likeness (QED) is 0.0170. The van der Waals surface area contributed by atoms with Crippen molar-refractivity contribution >= 4 is 0 Å². The van der Waals surface area contributed by atoms with E-state index in [4.69, 9.17) is 53.8 Å². The molecular formula is C57H59N3O10. The first-order valence-corrected chi connectivity index (χ1v) is 23.5. The largest absolute Gasteiger partial charge is 0.371 e. The molecule has 0 amide bonds. The SMILES string of the molecule is C#CCOC[C@H]1O[C@@](COCc2ccccc2)(O[C@H]2O[C@H](CN=[N+]=[N-])[C@@H](OCc3ccccc3)[C@H](OCc3ccccc3)[C@H]2OCc2ccccc2)[C@@H](OCc2ccccc2)[C@@H]1OCc1ccccc1. The van der Waals surface area contributed by atoms with Gasteiger partial charge in [0.15, 0.2) is 6.29 Å². The summed E-state index contributed by atoms with van der Waals surface area (Å²) in [4.78, 5) is 3.14. The van der Waals surface area contributed by atoms with Crippen molar-refractivity contribution in [2.45, 2.75) is 94.4 Å². The van der Waals surface area contributed by atoms with Gasteiger partial charge in [0, 0.05) is 4.91 Å². The third kappa shape index (κ3) is 14.2. The second-order valence-corrected chi connectivity index (χ2v) is 17.0. The lowest BCUT2D eigenvalue weighted by Gasteiger charge is -2.48. The standard InChI is InChI=1S/C57H59N3O10/c1-2-33-61-41-50-52(64-37-45-25-13-5-14-26-45)55(67-40-48-31-19-8-20-32-48)57(69-50,42-62-35-43-21-9-3-10-22-43)70-56-54(66-39-47-29-17-7-18-30-47)53(65-38-46-27-15-6-16-28-46)51(49(68-56)34-59-60-58)63-36-44-23-11-4-12-24-44/h1,3-32,49-56H,33-42H2/t49-,50-,51-,52-,53+,54-,55+,56-,57+/m1/s1. The molecule has 6 aromatic carbocycles. The van der Waals surface area contributed by atoms with Crippen LogP contribution in [0.5, 0.6) is 0 Å². The van der Waals surface area contributed by atoms with Gasteiger partial charge < -0.3 is 47.4 Å². The summed E-state index contributed by atoms with van der Waals surface area (Å²) in [5, 5.41) is 4.03. The van der Waals surface area contributed by atoms with Gasteiger partial charge in [-0.25, -0.2) is 0 Å². The van der Waals surface area contributed by atoms with Crippen LogP contribution in [0.1, 0.15) is 33.4 Å². The van der Waals surface area contributed by atoms with Crippen LogP contribution in [0.4, 0.5) is 0 Å². The van der Waals surface area contributed by atoms with Crippen LogP contribution in [0.3, 0.4) is 0 Å². The minimum absolute atomic E-state index is 0.0339. The smallest absolute Gasteiger partial charge is 0.224 e. The second kappa shape index (κ2) is 26.7. The van der Waals surface area contributed by atoms with Crippen molar-refractivity contribution in [3.8, 4) is 12.3 Å². The average molecular weight is 946 g/mol. The van der Waals surface area contributed by atoms with Crippen LogP contribution in [0, 0.1) is 12.3 Å². The fraction of sp³-hybridized carbons (Fsp3) is 0.333. The summed E-state index contributed by atoms with van der Waals surface area (Å²) in [5.41, 5.74) is 15.3. The van der Waals surface area contributed by atoms with Gasteiger partial charge in [-0.1, -0.05) is 193 Å². The molecule has 0 radical (unpaired) electrons. The molecule has 8 rings (SSSR count). The number of hydrogen-bond donors (Lipinski definition) is 0. The second-order valence-electron chi connectivity index (χ2n) is 17.0. The predicted octanol–water partition coefficient (Wildman–Crippen LogP) is 9.93. The van der Waals surface area contributed by atoms with Crippen LogP contribution in [0.2, 0.25) is 0 Å². The normalized spacial score (nSPS) is 24.1. The molecule has 6 aromatic rings. The number of hydrogen-bond acceptors (Lipinski definition) is 11. The van der Waals surface area contributed by atoms with Crippen molar-refractivity contribution in [1.29, 1.82) is 0 Å². The molecule has 9 atom stereocenters. The zero-order chi connectivity index (χ0) is 48.1. The van der Waals surface area contributed by atoms with Crippen LogP contribution >= 0.6 is 0 Å². The molecule has 2 heterocycles. The molecule has 0 bridgehead atoms. The van der Waals surface area contributed by atoms with E-state index in [0.717, 1.165) is 33.4 Å². The van der Waals surface area contributed by atoms with Gasteiger partial charge in [0.2, 0.25) is 5.79 Å². The fourth-order valence-electron chi connectivity index (χ4n) is 8.57. The molecule has 13 heteroatoms. The number of nitrogens with zero attached hydrogens (tertiary/aromatic N) is 3. The maximum absolute atomic E-state index is 9.75. The number of rotatable bonds is 26. The van der Waals surface area contributed by atoms with Crippen molar-refractivity contribution in [1.82, 2.24) is 0 Å². The summed E-state index contributed by atoms with van der Waals surface area (Å²) in [5.74, 6) is 0.802. The Hall–Kier alpha value is -6.21. The van der Waals surface area contributed by atoms with Crippen molar-refractivity contribution in [3.63, 3.8) is 0 Å². The van der Waals surface area contributed by atoms with Gasteiger partial charge in [-0.15, -0.1) is 6.42 Å². The van der Waals surface area contributed by atoms with Crippen molar-refractivity contribution in [3.05, 3.63) is 226 Å². The van der Waals surface area contributed by atoms with Gasteiger partial charge in [-0.05, 0) is 38.9 Å². The van der Waals surface area contributed by atoms with E-state index in [2.05, 4.69) is 15.9 Å². The summed E-state index contributed by atoms with van der Waals surface area (Å²) in [6.45, 7) is 0.949. The Kier molecular flexibility index (Phi) is 19.1. The molecule has 2 aliphatic rings. The highest BCUT2D eigenvalue weighted by Crippen LogP contribution is 2.42. The van der Waals surface area contributed by atoms with E-state index in [1.54, 1.807) is 0 Å². The molecule has 0 aliphatic carbocycles. The monoisotopic (exact) mass is 945 g/mol. The molecule has 0 spiro atoms. The van der Waals surface area contributed by atoms with Crippen LogP contribution in [-0.4, -0.2) is 81.2 Å². The Balaban J connectivity index is 1.23. The minimum Gasteiger partial charge on any atom is -0.371 e. The maximum Gasteiger partial charge on any atom is 0.224 e. The summed E-state index contributed by atoms with van der Waals surface area (Å²) in [7, 11) is 0. The number of benzene rings is 6. The number of azide groups is 1. The van der Waals surface area contributed by atoms with Crippen molar-refractivity contribution in [2.75, 3.05) is 26.4 Å². The van der Waals surface area contributed by atoms with Gasteiger partial charge in [0.05, 0.1) is 58.9 Å². The van der Waals surface area contributed by atoms with Crippen molar-refractivity contribution < 1.29 is 47.4 Å². The zero-order valence-corrected chi connectivity index (χ0v) is 39.0. The van der Waals surface area contributed by atoms with E-state index < -0.39 is 54.8 Å². The Morgan fingerprint density at radius 1 is 0.500 bits per heavy atom. The summed E-state index contributed by atoms with van der Waals surface area (Å²) in [6, 6.07) is 59.0. The topological polar surface area (TPSA) is 141 Å². The summed E-state index contributed by atoms with van der Waals surface area (Å²) in [6.07, 6.45) is -1.69. The van der Waals surface area contributed by atoms with Crippen LogP contribution in [0.25, 0.3) is 10.4 Å². The Morgan fingerprint density at radius 3 is 1.37 bits per heavy atom. The highest BCUT2D eigenvalue weighted by molar-refractivity contribution is 5.19. The molecule has 70 heavy (non-hydrogen) atoms. The highest BCUT2D eigenvalue weighted by Gasteiger charge is 2.62. The molecule has 0 N–H and O–H groups in total. The lowest BCUT2D eigenvalue weighted by molar-refractivity contribution is -0.395. The van der Waals surface area contributed by atoms with E-state index in [0.29, 0.717) is 0 Å². The molecule has 13 nitrogen and oxygen atoms in total. The summed E-state index contributed by atoms with van der Waals surface area (Å²) < 4.78 is 68.9. The van der Waals surface area contributed by atoms with Crippen LogP contribution < -0.4 is 0 Å². The molecule has 0 unspecified atom stereocenters. The predicted molar refractivity (Wildman–Crippen MR) is 262 cm³/mol. The van der Waals surface area contributed by atoms with Crippen LogP contribution in [0.15, 0.2) is 187 Å². The van der Waals surface area contributed by atoms with Gasteiger partial charge in [-0.2, -0.15) is 0 Å². The number of terminal acetylenes is 1. The zero-order valence-electron chi connectivity index (χ0n) is 39.0. The first kappa shape index (κ1) is 50.2. The van der Waals surface area contributed by atoms with E-state index in [1.165, 1.54) is 0 Å². The van der Waals surface area contributed by atoms with Crippen LogP contribution in [-0.2, 0) is 87.0 Å². The molecular weight excluding hydrogens is 887 g/mol. The summed E-state index contributed by atoms with van der Waals surface area (Å²) >= 11 is 0. The minimum atomic E-state index is -1.77. The molecule has 2 aliphatic heterocycles. The van der Waals surface area contributed by atoms with E-state index in [1.807, 2.05) is 182 Å². The third-order valence-corrected chi connectivity index (χ3v) is 12.0. The Bertz CT molecular complexity index is 2500. The fourth-order valence-corrected chi connectivity index (χ4v) is 8.57. The van der Waals surface area contributed by atoms with Gasteiger partial charge in [0.1, 0.15) is 49.8 Å².